The second-order valence-electron chi connectivity index (χ2n) is 4.66. The van der Waals surface area contributed by atoms with Crippen LogP contribution in [0.3, 0.4) is 0 Å². The maximum absolute atomic E-state index is 5.78. The molecule has 0 atom stereocenters. The fraction of sp³-hybridized carbons (Fsp3) is 0.294. The highest BCUT2D eigenvalue weighted by Gasteiger charge is 2.02. The molecule has 0 aliphatic carbocycles. The number of benzene rings is 2. The second kappa shape index (κ2) is 6.36. The molecule has 2 aromatic carbocycles. The molecule has 0 spiro atoms. The predicted octanol–water partition coefficient (Wildman–Crippen LogP) is 4.15. The van der Waals surface area contributed by atoms with E-state index in [2.05, 4.69) is 49.4 Å². The first-order valence-corrected chi connectivity index (χ1v) is 6.72. The Labute approximate surface area is 110 Å². The van der Waals surface area contributed by atoms with Crippen LogP contribution in [0.4, 0.5) is 0 Å². The summed E-state index contributed by atoms with van der Waals surface area (Å²) in [4.78, 5) is 0. The van der Waals surface area contributed by atoms with Gasteiger partial charge in [0.15, 0.2) is 0 Å². The molecule has 0 fully saturated rings. The molecule has 0 radical (unpaired) electrons. The molecule has 0 aliphatic rings. The van der Waals surface area contributed by atoms with Gasteiger partial charge in [-0.15, -0.1) is 0 Å². The first-order valence-electron chi connectivity index (χ1n) is 6.72. The van der Waals surface area contributed by atoms with Crippen molar-refractivity contribution in [3.05, 3.63) is 59.7 Å². The first-order chi connectivity index (χ1) is 8.85. The quantitative estimate of drug-likeness (QED) is 0.833. The van der Waals surface area contributed by atoms with Gasteiger partial charge in [-0.3, -0.25) is 0 Å². The summed E-state index contributed by atoms with van der Waals surface area (Å²) >= 11 is 0. The molecular weight excluding hydrogens is 218 g/mol. The van der Waals surface area contributed by atoms with E-state index < -0.39 is 0 Å². The predicted molar refractivity (Wildman–Crippen MR) is 78.4 cm³/mol. The van der Waals surface area contributed by atoms with Crippen molar-refractivity contribution in [1.29, 1.82) is 0 Å². The summed E-state index contributed by atoms with van der Waals surface area (Å²) in [5, 5.41) is 0. The van der Waals surface area contributed by atoms with E-state index >= 15 is 0 Å². The summed E-state index contributed by atoms with van der Waals surface area (Å²) in [5.41, 5.74) is 10.9. The average Bonchev–Trinajstić information content (AvgIpc) is 2.45. The van der Waals surface area contributed by atoms with Crippen LogP contribution in [0.2, 0.25) is 0 Å². The average molecular weight is 239 g/mol. The molecule has 0 bridgehead atoms. The molecule has 0 aliphatic heterocycles. The van der Waals surface area contributed by atoms with Crippen LogP contribution in [0.15, 0.2) is 48.5 Å². The molecule has 18 heavy (non-hydrogen) atoms. The van der Waals surface area contributed by atoms with E-state index in [-0.39, 0.29) is 0 Å². The standard InChI is InChI=1S/C17H21N/c1-2-3-6-14-9-11-15(12-10-14)17-8-5-4-7-16(17)13-18/h4-5,7-12H,2-3,6,13,18H2,1H3. The van der Waals surface area contributed by atoms with Crippen molar-refractivity contribution < 1.29 is 0 Å². The van der Waals surface area contributed by atoms with Crippen LogP contribution in [-0.4, -0.2) is 0 Å². The minimum absolute atomic E-state index is 0.591. The van der Waals surface area contributed by atoms with Gasteiger partial charge in [-0.2, -0.15) is 0 Å². The van der Waals surface area contributed by atoms with Crippen molar-refractivity contribution >= 4 is 0 Å². The highest BCUT2D eigenvalue weighted by molar-refractivity contribution is 5.67. The van der Waals surface area contributed by atoms with E-state index in [0.29, 0.717) is 6.54 Å². The van der Waals surface area contributed by atoms with Gasteiger partial charge in [0.1, 0.15) is 0 Å². The Balaban J connectivity index is 2.23. The van der Waals surface area contributed by atoms with Gasteiger partial charge in [0.25, 0.3) is 0 Å². The third kappa shape index (κ3) is 2.99. The maximum Gasteiger partial charge on any atom is 0.0184 e. The molecule has 2 N–H and O–H groups in total. The fourth-order valence-corrected chi connectivity index (χ4v) is 2.21. The van der Waals surface area contributed by atoms with Crippen LogP contribution >= 0.6 is 0 Å². The van der Waals surface area contributed by atoms with Gasteiger partial charge >= 0.3 is 0 Å². The molecule has 2 aromatic rings. The van der Waals surface area contributed by atoms with Gasteiger partial charge in [-0.25, -0.2) is 0 Å². The van der Waals surface area contributed by atoms with Crippen molar-refractivity contribution in [2.24, 2.45) is 5.73 Å². The minimum atomic E-state index is 0.591. The van der Waals surface area contributed by atoms with Crippen molar-refractivity contribution in [1.82, 2.24) is 0 Å². The normalized spacial score (nSPS) is 10.6. The van der Waals surface area contributed by atoms with E-state index in [9.17, 15) is 0 Å². The molecule has 0 saturated heterocycles. The molecule has 0 amide bonds. The topological polar surface area (TPSA) is 26.0 Å². The zero-order valence-corrected chi connectivity index (χ0v) is 11.0. The van der Waals surface area contributed by atoms with Gasteiger partial charge in [-0.05, 0) is 35.1 Å². The summed E-state index contributed by atoms with van der Waals surface area (Å²) in [5.74, 6) is 0. The molecule has 1 nitrogen and oxygen atoms in total. The maximum atomic E-state index is 5.78. The molecule has 94 valence electrons. The van der Waals surface area contributed by atoms with E-state index in [4.69, 9.17) is 5.73 Å². The Hall–Kier alpha value is -1.60. The van der Waals surface area contributed by atoms with Gasteiger partial charge in [0.2, 0.25) is 0 Å². The van der Waals surface area contributed by atoms with Crippen molar-refractivity contribution in [2.45, 2.75) is 32.7 Å². The van der Waals surface area contributed by atoms with Crippen LogP contribution in [0, 0.1) is 0 Å². The molecule has 0 heterocycles. The zero-order chi connectivity index (χ0) is 12.8. The van der Waals surface area contributed by atoms with Crippen molar-refractivity contribution in [3.8, 4) is 11.1 Å². The third-order valence-corrected chi connectivity index (χ3v) is 3.32. The van der Waals surface area contributed by atoms with Gasteiger partial charge in [-0.1, -0.05) is 61.9 Å². The van der Waals surface area contributed by atoms with Gasteiger partial charge in [0, 0.05) is 6.54 Å². The lowest BCUT2D eigenvalue weighted by Crippen LogP contribution is -1.98. The largest absolute Gasteiger partial charge is 0.326 e. The number of nitrogens with two attached hydrogens (primary N) is 1. The SMILES string of the molecule is CCCCc1ccc(-c2ccccc2CN)cc1. The van der Waals surface area contributed by atoms with E-state index in [1.54, 1.807) is 0 Å². The third-order valence-electron chi connectivity index (χ3n) is 3.32. The highest BCUT2D eigenvalue weighted by atomic mass is 14.5. The summed E-state index contributed by atoms with van der Waals surface area (Å²) in [7, 11) is 0. The number of rotatable bonds is 5. The Morgan fingerprint density at radius 2 is 1.67 bits per heavy atom. The number of unbranched alkanes of at least 4 members (excludes halogenated alkanes) is 1. The molecule has 0 unspecified atom stereocenters. The minimum Gasteiger partial charge on any atom is -0.326 e. The smallest absolute Gasteiger partial charge is 0.0184 e. The van der Waals surface area contributed by atoms with Crippen LogP contribution < -0.4 is 5.73 Å². The lowest BCUT2D eigenvalue weighted by atomic mass is 9.98. The van der Waals surface area contributed by atoms with E-state index in [1.807, 2.05) is 6.07 Å². The van der Waals surface area contributed by atoms with Gasteiger partial charge in [0.05, 0.1) is 0 Å². The molecule has 0 aromatic heterocycles. The van der Waals surface area contributed by atoms with Crippen LogP contribution in [0.25, 0.3) is 11.1 Å². The Bertz CT molecular complexity index is 485. The summed E-state index contributed by atoms with van der Waals surface area (Å²) in [6.07, 6.45) is 3.69. The number of hydrogen-bond acceptors (Lipinski definition) is 1. The molecule has 2 rings (SSSR count). The molecule has 0 saturated carbocycles. The summed E-state index contributed by atoms with van der Waals surface area (Å²) in [6.45, 7) is 2.82. The molecule has 1 heteroatoms. The van der Waals surface area contributed by atoms with Gasteiger partial charge < -0.3 is 5.73 Å². The summed E-state index contributed by atoms with van der Waals surface area (Å²) < 4.78 is 0. The van der Waals surface area contributed by atoms with Crippen molar-refractivity contribution in [2.75, 3.05) is 0 Å². The lowest BCUT2D eigenvalue weighted by molar-refractivity contribution is 0.795. The monoisotopic (exact) mass is 239 g/mol. The Morgan fingerprint density at radius 3 is 2.33 bits per heavy atom. The Kier molecular flexibility index (Phi) is 4.54. The number of aryl methyl sites for hydroxylation is 1. The lowest BCUT2D eigenvalue weighted by Gasteiger charge is -2.08. The highest BCUT2D eigenvalue weighted by Crippen LogP contribution is 2.24. The summed E-state index contributed by atoms with van der Waals surface area (Å²) in [6, 6.07) is 17.2. The first kappa shape index (κ1) is 12.8. The second-order valence-corrected chi connectivity index (χ2v) is 4.66. The van der Waals surface area contributed by atoms with Crippen LogP contribution in [-0.2, 0) is 13.0 Å². The molecular formula is C17H21N. The van der Waals surface area contributed by atoms with Crippen molar-refractivity contribution in [3.63, 3.8) is 0 Å². The van der Waals surface area contributed by atoms with E-state index in [1.165, 1.54) is 41.5 Å². The number of hydrogen-bond donors (Lipinski definition) is 1. The zero-order valence-electron chi connectivity index (χ0n) is 11.0. The fourth-order valence-electron chi connectivity index (χ4n) is 2.21. The van der Waals surface area contributed by atoms with E-state index in [0.717, 1.165) is 0 Å². The van der Waals surface area contributed by atoms with Crippen LogP contribution in [0.5, 0.6) is 0 Å². The van der Waals surface area contributed by atoms with Crippen LogP contribution in [0.1, 0.15) is 30.9 Å². The Morgan fingerprint density at radius 1 is 0.944 bits per heavy atom.